The average molecular weight is 224 g/mol. The fourth-order valence-corrected chi connectivity index (χ4v) is 1.61. The number of benzene rings is 2. The van der Waals surface area contributed by atoms with E-state index in [0.717, 1.165) is 0 Å². The molecule has 0 atom stereocenters. The van der Waals surface area contributed by atoms with Crippen LogP contribution in [0.1, 0.15) is 21.5 Å². The normalized spacial score (nSPS) is 10.2. The lowest BCUT2D eigenvalue weighted by atomic mass is 9.94. The van der Waals surface area contributed by atoms with Crippen molar-refractivity contribution in [1.82, 2.24) is 0 Å². The SMILES string of the molecule is [B]Cc1ccc(C(=O)c2ccccc2)cc1F. The van der Waals surface area contributed by atoms with Crippen LogP contribution in [0.15, 0.2) is 48.5 Å². The van der Waals surface area contributed by atoms with Gasteiger partial charge in [-0.15, -0.1) is 0 Å². The second-order valence-corrected chi connectivity index (χ2v) is 3.71. The molecule has 0 fully saturated rings. The maximum absolute atomic E-state index is 13.5. The monoisotopic (exact) mass is 224 g/mol. The molecule has 0 aliphatic rings. The maximum atomic E-state index is 13.5. The minimum atomic E-state index is -0.436. The van der Waals surface area contributed by atoms with E-state index in [-0.39, 0.29) is 12.1 Å². The van der Waals surface area contributed by atoms with Crippen LogP contribution in [0.5, 0.6) is 0 Å². The maximum Gasteiger partial charge on any atom is 0.193 e. The van der Waals surface area contributed by atoms with Gasteiger partial charge in [-0.2, -0.15) is 0 Å². The molecule has 0 unspecified atom stereocenters. The highest BCUT2D eigenvalue weighted by Crippen LogP contribution is 2.14. The van der Waals surface area contributed by atoms with E-state index in [4.69, 9.17) is 7.85 Å². The van der Waals surface area contributed by atoms with E-state index in [2.05, 4.69) is 0 Å². The molecule has 0 saturated carbocycles. The molecule has 0 bridgehead atoms. The molecule has 1 nitrogen and oxygen atoms in total. The lowest BCUT2D eigenvalue weighted by Crippen LogP contribution is -2.02. The fourth-order valence-electron chi connectivity index (χ4n) is 1.61. The lowest BCUT2D eigenvalue weighted by Gasteiger charge is -2.04. The van der Waals surface area contributed by atoms with Crippen LogP contribution < -0.4 is 0 Å². The first-order valence-corrected chi connectivity index (χ1v) is 5.30. The zero-order valence-electron chi connectivity index (χ0n) is 9.19. The molecule has 17 heavy (non-hydrogen) atoms. The standard InChI is InChI=1S/C14H10BFO/c15-9-12-7-6-11(8-13(12)16)14(17)10-4-2-1-3-5-10/h1-8H,9H2. The van der Waals surface area contributed by atoms with Gasteiger partial charge in [-0.25, -0.2) is 4.39 Å². The summed E-state index contributed by atoms with van der Waals surface area (Å²) >= 11 is 0. The van der Waals surface area contributed by atoms with Crippen LogP contribution in [-0.2, 0) is 6.32 Å². The Morgan fingerprint density at radius 3 is 2.35 bits per heavy atom. The molecule has 0 saturated heterocycles. The summed E-state index contributed by atoms with van der Waals surface area (Å²) in [5, 5.41) is 0. The largest absolute Gasteiger partial charge is 0.289 e. The summed E-state index contributed by atoms with van der Waals surface area (Å²) in [5.74, 6) is -0.623. The third kappa shape index (κ3) is 2.44. The lowest BCUT2D eigenvalue weighted by molar-refractivity contribution is 0.103. The molecule has 0 N–H and O–H groups in total. The molecule has 0 aromatic heterocycles. The van der Waals surface area contributed by atoms with Gasteiger partial charge >= 0.3 is 0 Å². The zero-order valence-corrected chi connectivity index (χ0v) is 9.19. The Balaban J connectivity index is 2.35. The molecule has 82 valence electrons. The predicted octanol–water partition coefficient (Wildman–Crippen LogP) is 2.73. The van der Waals surface area contributed by atoms with Crippen LogP contribution in [0.2, 0.25) is 0 Å². The van der Waals surface area contributed by atoms with Crippen LogP contribution in [0.25, 0.3) is 0 Å². The summed E-state index contributed by atoms with van der Waals surface area (Å²) in [6.07, 6.45) is 0.131. The molecule has 2 rings (SSSR count). The third-order valence-corrected chi connectivity index (χ3v) is 2.57. The number of hydrogen-bond donors (Lipinski definition) is 0. The third-order valence-electron chi connectivity index (χ3n) is 2.57. The molecule has 2 aromatic rings. The number of halogens is 1. The van der Waals surface area contributed by atoms with Gasteiger partial charge in [0.2, 0.25) is 0 Å². The summed E-state index contributed by atoms with van der Waals surface area (Å²) in [7, 11) is 5.36. The molecule has 0 aliphatic heterocycles. The molecule has 0 heterocycles. The van der Waals surface area contributed by atoms with Crippen molar-refractivity contribution in [2.75, 3.05) is 0 Å². The zero-order chi connectivity index (χ0) is 12.3. The molecule has 3 heteroatoms. The van der Waals surface area contributed by atoms with Crippen LogP contribution >= 0.6 is 0 Å². The van der Waals surface area contributed by atoms with E-state index < -0.39 is 5.82 Å². The molecule has 0 amide bonds. The van der Waals surface area contributed by atoms with Gasteiger partial charge < -0.3 is 0 Å². The average Bonchev–Trinajstić information content (AvgIpc) is 2.39. The van der Waals surface area contributed by atoms with Gasteiger partial charge in [-0.05, 0) is 11.6 Å². The van der Waals surface area contributed by atoms with Gasteiger partial charge in [0.1, 0.15) is 5.82 Å². The minimum Gasteiger partial charge on any atom is -0.289 e. The van der Waals surface area contributed by atoms with Crippen molar-refractivity contribution in [3.05, 3.63) is 71.0 Å². The van der Waals surface area contributed by atoms with Gasteiger partial charge in [0.25, 0.3) is 0 Å². The predicted molar refractivity (Wildman–Crippen MR) is 65.7 cm³/mol. The van der Waals surface area contributed by atoms with Gasteiger partial charge in [-0.3, -0.25) is 4.79 Å². The van der Waals surface area contributed by atoms with Gasteiger partial charge in [0.15, 0.2) is 5.78 Å². The van der Waals surface area contributed by atoms with Crippen LogP contribution in [-0.4, -0.2) is 13.6 Å². The summed E-state index contributed by atoms with van der Waals surface area (Å²) in [5.41, 5.74) is 1.30. The molecular formula is C14H10BFO. The number of carbonyl (C=O) groups is 1. The second-order valence-electron chi connectivity index (χ2n) is 3.71. The van der Waals surface area contributed by atoms with Crippen molar-refractivity contribution in [3.8, 4) is 0 Å². The fraction of sp³-hybridized carbons (Fsp3) is 0.0714. The summed E-state index contributed by atoms with van der Waals surface area (Å²) in [6.45, 7) is 0. The highest BCUT2D eigenvalue weighted by Gasteiger charge is 2.10. The van der Waals surface area contributed by atoms with E-state index in [9.17, 15) is 9.18 Å². The van der Waals surface area contributed by atoms with E-state index in [1.54, 1.807) is 36.4 Å². The Kier molecular flexibility index (Phi) is 3.38. The molecule has 0 aliphatic carbocycles. The smallest absolute Gasteiger partial charge is 0.193 e. The van der Waals surface area contributed by atoms with Crippen molar-refractivity contribution in [2.45, 2.75) is 6.32 Å². The first-order valence-electron chi connectivity index (χ1n) is 5.30. The highest BCUT2D eigenvalue weighted by molar-refractivity contribution is 6.09. The van der Waals surface area contributed by atoms with E-state index in [0.29, 0.717) is 16.7 Å². The topological polar surface area (TPSA) is 17.1 Å². The van der Waals surface area contributed by atoms with Crippen LogP contribution in [0.4, 0.5) is 4.39 Å². The van der Waals surface area contributed by atoms with E-state index in [1.807, 2.05) is 6.07 Å². The Labute approximate surface area is 101 Å². The Hall–Kier alpha value is -1.90. The Morgan fingerprint density at radius 2 is 1.76 bits per heavy atom. The van der Waals surface area contributed by atoms with Crippen molar-refractivity contribution < 1.29 is 9.18 Å². The molecule has 2 aromatic carbocycles. The van der Waals surface area contributed by atoms with E-state index in [1.165, 1.54) is 6.07 Å². The molecule has 0 spiro atoms. The van der Waals surface area contributed by atoms with Gasteiger partial charge in [0.05, 0.1) is 7.85 Å². The number of hydrogen-bond acceptors (Lipinski definition) is 1. The first-order chi connectivity index (χ1) is 8.22. The van der Waals surface area contributed by atoms with Crippen molar-refractivity contribution in [3.63, 3.8) is 0 Å². The quantitative estimate of drug-likeness (QED) is 0.578. The van der Waals surface area contributed by atoms with Crippen molar-refractivity contribution >= 4 is 13.6 Å². The number of ketones is 1. The highest BCUT2D eigenvalue weighted by atomic mass is 19.1. The van der Waals surface area contributed by atoms with Crippen LogP contribution in [0, 0.1) is 5.82 Å². The second kappa shape index (κ2) is 4.96. The first kappa shape index (κ1) is 11.6. The summed E-state index contributed by atoms with van der Waals surface area (Å²) in [6, 6.07) is 13.2. The number of carbonyl (C=O) groups excluding carboxylic acids is 1. The minimum absolute atomic E-state index is 0.131. The van der Waals surface area contributed by atoms with Crippen molar-refractivity contribution in [2.24, 2.45) is 0 Å². The van der Waals surface area contributed by atoms with Gasteiger partial charge in [-0.1, -0.05) is 48.8 Å². The van der Waals surface area contributed by atoms with Crippen LogP contribution in [0.3, 0.4) is 0 Å². The summed E-state index contributed by atoms with van der Waals surface area (Å²) < 4.78 is 13.5. The van der Waals surface area contributed by atoms with E-state index >= 15 is 0 Å². The van der Waals surface area contributed by atoms with Crippen molar-refractivity contribution in [1.29, 1.82) is 0 Å². The Bertz CT molecular complexity index is 537. The molecular weight excluding hydrogens is 214 g/mol. The summed E-state index contributed by atoms with van der Waals surface area (Å²) in [4.78, 5) is 12.0. The Morgan fingerprint density at radius 1 is 1.06 bits per heavy atom. The number of rotatable bonds is 3. The molecule has 2 radical (unpaired) electrons. The van der Waals surface area contributed by atoms with Gasteiger partial charge in [0, 0.05) is 11.1 Å².